The van der Waals surface area contributed by atoms with Crippen molar-refractivity contribution in [2.24, 2.45) is 0 Å². The summed E-state index contributed by atoms with van der Waals surface area (Å²) in [7, 11) is 1.68. The molecule has 1 aromatic carbocycles. The fraction of sp³-hybridized carbons (Fsp3) is 0.500. The monoisotopic (exact) mass is 434 g/mol. The Morgan fingerprint density at radius 2 is 2.07 bits per heavy atom. The smallest absolute Gasteiger partial charge is 0.237 e. The second kappa shape index (κ2) is 9.48. The van der Waals surface area contributed by atoms with E-state index in [2.05, 4.69) is 54.2 Å². The van der Waals surface area contributed by atoms with Crippen molar-refractivity contribution in [3.8, 4) is 0 Å². The number of carbonyl (C=O) groups is 1. The summed E-state index contributed by atoms with van der Waals surface area (Å²) in [6.45, 7) is 6.85. The van der Waals surface area contributed by atoms with E-state index in [1.165, 1.54) is 5.69 Å². The molecule has 1 saturated heterocycles. The van der Waals surface area contributed by atoms with E-state index in [1.54, 1.807) is 7.11 Å². The van der Waals surface area contributed by atoms with E-state index in [0.29, 0.717) is 13.2 Å². The normalized spacial score (nSPS) is 16.5. The van der Waals surface area contributed by atoms with Crippen LogP contribution in [0.25, 0.3) is 10.9 Å². The van der Waals surface area contributed by atoms with Crippen LogP contribution in [0.1, 0.15) is 13.3 Å². The van der Waals surface area contributed by atoms with E-state index in [0.717, 1.165) is 48.0 Å². The molecule has 0 saturated carbocycles. The summed E-state index contributed by atoms with van der Waals surface area (Å²) in [5.41, 5.74) is 2.21. The molecule has 1 aliphatic heterocycles. The number of carbonyl (C=O) groups excluding carboxylic acids is 1. The third-order valence-electron chi connectivity index (χ3n) is 5.09. The maximum absolute atomic E-state index is 12.3. The van der Waals surface area contributed by atoms with E-state index in [4.69, 9.17) is 4.74 Å². The van der Waals surface area contributed by atoms with Gasteiger partial charge in [-0.2, -0.15) is 0 Å². The predicted molar refractivity (Wildman–Crippen MR) is 112 cm³/mol. The Morgan fingerprint density at radius 3 is 2.81 bits per heavy atom. The molecule has 0 bridgehead atoms. The summed E-state index contributed by atoms with van der Waals surface area (Å²) >= 11 is 3.51. The lowest BCUT2D eigenvalue weighted by Gasteiger charge is -2.38. The molecule has 1 aromatic heterocycles. The molecule has 0 aliphatic carbocycles. The molecule has 1 aliphatic rings. The number of hydrogen-bond acceptors (Lipinski definition) is 5. The van der Waals surface area contributed by atoms with Crippen molar-refractivity contribution in [2.75, 3.05) is 51.3 Å². The van der Waals surface area contributed by atoms with E-state index in [1.807, 2.05) is 19.2 Å². The summed E-state index contributed by atoms with van der Waals surface area (Å²) in [6, 6.07) is 8.19. The number of anilines is 1. The minimum Gasteiger partial charge on any atom is -0.385 e. The number of pyridine rings is 1. The van der Waals surface area contributed by atoms with Crippen LogP contribution in [-0.2, 0) is 9.53 Å². The first-order valence-electron chi connectivity index (χ1n) is 9.40. The Bertz CT molecular complexity index is 778. The zero-order valence-corrected chi connectivity index (χ0v) is 17.5. The molecule has 1 unspecified atom stereocenters. The highest BCUT2D eigenvalue weighted by atomic mass is 79.9. The third-order valence-corrected chi connectivity index (χ3v) is 5.58. The van der Waals surface area contributed by atoms with Gasteiger partial charge in [0.1, 0.15) is 0 Å². The average Bonchev–Trinajstić information content (AvgIpc) is 2.70. The lowest BCUT2D eigenvalue weighted by Crippen LogP contribution is -2.54. The highest BCUT2D eigenvalue weighted by molar-refractivity contribution is 9.10. The number of piperazine rings is 1. The zero-order valence-electron chi connectivity index (χ0n) is 15.9. The number of hydrogen-bond donors (Lipinski definition) is 1. The maximum Gasteiger partial charge on any atom is 0.237 e. The van der Waals surface area contributed by atoms with Crippen LogP contribution >= 0.6 is 15.9 Å². The first-order chi connectivity index (χ1) is 13.1. The molecular weight excluding hydrogens is 408 g/mol. The van der Waals surface area contributed by atoms with E-state index in [9.17, 15) is 4.79 Å². The van der Waals surface area contributed by atoms with Crippen LogP contribution in [0.5, 0.6) is 0 Å². The molecule has 0 radical (unpaired) electrons. The highest BCUT2D eigenvalue weighted by Gasteiger charge is 2.26. The summed E-state index contributed by atoms with van der Waals surface area (Å²) in [4.78, 5) is 21.5. The number of nitrogens with one attached hydrogen (secondary N) is 1. The van der Waals surface area contributed by atoms with Crippen molar-refractivity contribution in [2.45, 2.75) is 19.4 Å². The molecule has 1 atom stereocenters. The second-order valence-electron chi connectivity index (χ2n) is 6.83. The van der Waals surface area contributed by atoms with E-state index < -0.39 is 0 Å². The number of aromatic nitrogens is 1. The minimum absolute atomic E-state index is 0.0961. The van der Waals surface area contributed by atoms with Crippen LogP contribution in [0.2, 0.25) is 0 Å². The molecule has 1 fully saturated rings. The Balaban J connectivity index is 1.58. The number of benzene rings is 1. The molecule has 0 spiro atoms. The van der Waals surface area contributed by atoms with Gasteiger partial charge in [-0.3, -0.25) is 14.7 Å². The van der Waals surface area contributed by atoms with Gasteiger partial charge in [-0.1, -0.05) is 15.9 Å². The predicted octanol–water partition coefficient (Wildman–Crippen LogP) is 2.66. The largest absolute Gasteiger partial charge is 0.385 e. The van der Waals surface area contributed by atoms with Crippen molar-refractivity contribution in [1.29, 1.82) is 0 Å². The lowest BCUT2D eigenvalue weighted by atomic mass is 10.1. The van der Waals surface area contributed by atoms with Gasteiger partial charge in [-0.15, -0.1) is 0 Å². The van der Waals surface area contributed by atoms with Crippen LogP contribution in [0.4, 0.5) is 5.69 Å². The Morgan fingerprint density at radius 1 is 1.30 bits per heavy atom. The molecule has 27 heavy (non-hydrogen) atoms. The van der Waals surface area contributed by atoms with Crippen molar-refractivity contribution in [1.82, 2.24) is 15.2 Å². The van der Waals surface area contributed by atoms with Crippen LogP contribution < -0.4 is 10.2 Å². The van der Waals surface area contributed by atoms with E-state index in [-0.39, 0.29) is 11.9 Å². The molecule has 2 heterocycles. The Kier molecular flexibility index (Phi) is 7.04. The quantitative estimate of drug-likeness (QED) is 0.678. The number of methoxy groups -OCH3 is 1. The number of ether oxygens (including phenoxy) is 1. The molecule has 146 valence electrons. The summed E-state index contributed by atoms with van der Waals surface area (Å²) < 4.78 is 6.05. The number of fused-ring (bicyclic) bond motifs is 1. The summed E-state index contributed by atoms with van der Waals surface area (Å²) in [6.07, 6.45) is 2.71. The second-order valence-corrected chi connectivity index (χ2v) is 7.74. The van der Waals surface area contributed by atoms with Crippen molar-refractivity contribution in [3.05, 3.63) is 34.9 Å². The van der Waals surface area contributed by atoms with E-state index >= 15 is 0 Å². The minimum atomic E-state index is -0.111. The molecular formula is C20H27BrN4O2. The zero-order chi connectivity index (χ0) is 19.2. The van der Waals surface area contributed by atoms with Crippen LogP contribution in [0.15, 0.2) is 34.9 Å². The van der Waals surface area contributed by atoms with Crippen LogP contribution in [-0.4, -0.2) is 68.3 Å². The standard InChI is InChI=1S/C20H27BrN4O2/c1-15(20(26)23-7-3-13-27-2)24-9-11-25(12-10-24)19-6-8-22-18-14-16(21)4-5-17(18)19/h4-6,8,14-15H,3,7,9-13H2,1-2H3,(H,23,26). The van der Waals surface area contributed by atoms with Gasteiger partial charge in [0.15, 0.2) is 0 Å². The average molecular weight is 435 g/mol. The Labute approximate surface area is 169 Å². The topological polar surface area (TPSA) is 57.7 Å². The molecule has 7 heteroatoms. The van der Waals surface area contributed by atoms with Crippen molar-refractivity contribution < 1.29 is 9.53 Å². The van der Waals surface area contributed by atoms with Gasteiger partial charge in [0.2, 0.25) is 5.91 Å². The lowest BCUT2D eigenvalue weighted by molar-refractivity contribution is -0.126. The van der Waals surface area contributed by atoms with Gasteiger partial charge < -0.3 is 15.0 Å². The summed E-state index contributed by atoms with van der Waals surface area (Å²) in [5, 5.41) is 4.16. The van der Waals surface area contributed by atoms with Crippen molar-refractivity contribution >= 4 is 38.4 Å². The molecule has 6 nitrogen and oxygen atoms in total. The first kappa shape index (κ1) is 20.0. The number of rotatable bonds is 7. The van der Waals surface area contributed by atoms with Crippen LogP contribution in [0, 0.1) is 0 Å². The fourth-order valence-electron chi connectivity index (χ4n) is 3.47. The highest BCUT2D eigenvalue weighted by Crippen LogP contribution is 2.28. The number of nitrogens with zero attached hydrogens (tertiary/aromatic N) is 3. The van der Waals surface area contributed by atoms with Gasteiger partial charge in [0.05, 0.1) is 11.6 Å². The van der Waals surface area contributed by atoms with Gasteiger partial charge in [-0.05, 0) is 37.6 Å². The SMILES string of the molecule is COCCCNC(=O)C(C)N1CCN(c2ccnc3cc(Br)ccc23)CC1. The number of amides is 1. The fourth-order valence-corrected chi connectivity index (χ4v) is 3.82. The molecule has 3 rings (SSSR count). The maximum atomic E-state index is 12.3. The molecule has 1 amide bonds. The first-order valence-corrected chi connectivity index (χ1v) is 10.2. The molecule has 1 N–H and O–H groups in total. The van der Waals surface area contributed by atoms with Crippen molar-refractivity contribution in [3.63, 3.8) is 0 Å². The van der Waals surface area contributed by atoms with Gasteiger partial charge in [-0.25, -0.2) is 0 Å². The summed E-state index contributed by atoms with van der Waals surface area (Å²) in [5.74, 6) is 0.0961. The van der Waals surface area contributed by atoms with Gasteiger partial charge in [0.25, 0.3) is 0 Å². The number of halogens is 1. The Hall–Kier alpha value is -1.70. The van der Waals surface area contributed by atoms with Crippen LogP contribution in [0.3, 0.4) is 0 Å². The van der Waals surface area contributed by atoms with Gasteiger partial charge in [0, 0.05) is 68.2 Å². The third kappa shape index (κ3) is 4.97. The molecule has 2 aromatic rings. The van der Waals surface area contributed by atoms with Gasteiger partial charge >= 0.3 is 0 Å².